The van der Waals surface area contributed by atoms with Gasteiger partial charge in [0, 0.05) is 23.1 Å². The van der Waals surface area contributed by atoms with Crippen molar-refractivity contribution in [1.82, 2.24) is 10.3 Å². The van der Waals surface area contributed by atoms with Crippen molar-refractivity contribution >= 4 is 36.8 Å². The molecule has 21 heavy (non-hydrogen) atoms. The molecule has 0 spiro atoms. The summed E-state index contributed by atoms with van der Waals surface area (Å²) in [6.45, 7) is 1.83. The first-order valence-electron chi connectivity index (χ1n) is 6.30. The van der Waals surface area contributed by atoms with Crippen molar-refractivity contribution < 1.29 is 17.8 Å². The highest BCUT2D eigenvalue weighted by Crippen LogP contribution is 2.19. The maximum Gasteiger partial charge on any atom is 0.231 e. The molecular weight excluding hydrogens is 312 g/mol. The standard InChI is InChI=1S/C13H16N2O4S2/c1-9(15-13(16)8-20-21(17,18)19)6-10-7-14-12-5-3-2-4-11(10)12/h2-5,7,9,14H,6,8H2,1H3,(H,15,16)(H,17,18,19)/p-1. The van der Waals surface area contributed by atoms with Crippen LogP contribution in [0.15, 0.2) is 30.5 Å². The molecule has 114 valence electrons. The minimum atomic E-state index is -4.43. The van der Waals surface area contributed by atoms with Crippen LogP contribution in [0.5, 0.6) is 0 Å². The lowest BCUT2D eigenvalue weighted by molar-refractivity contribution is -0.119. The highest BCUT2D eigenvalue weighted by molar-refractivity contribution is 8.70. The van der Waals surface area contributed by atoms with E-state index in [1.54, 1.807) is 0 Å². The van der Waals surface area contributed by atoms with Gasteiger partial charge in [-0.3, -0.25) is 4.79 Å². The Balaban J connectivity index is 1.92. The van der Waals surface area contributed by atoms with Crippen molar-refractivity contribution in [1.29, 1.82) is 0 Å². The molecule has 8 heteroatoms. The number of hydrogen-bond acceptors (Lipinski definition) is 5. The van der Waals surface area contributed by atoms with E-state index in [0.717, 1.165) is 16.5 Å². The Morgan fingerprint density at radius 1 is 1.43 bits per heavy atom. The highest BCUT2D eigenvalue weighted by Gasteiger charge is 2.12. The zero-order chi connectivity index (χ0) is 15.5. The van der Waals surface area contributed by atoms with E-state index >= 15 is 0 Å². The molecule has 1 heterocycles. The van der Waals surface area contributed by atoms with E-state index in [2.05, 4.69) is 10.3 Å². The molecule has 0 fully saturated rings. The molecule has 0 radical (unpaired) electrons. The molecule has 1 aromatic heterocycles. The summed E-state index contributed by atoms with van der Waals surface area (Å²) in [7, 11) is -4.34. The molecule has 1 amide bonds. The maximum absolute atomic E-state index is 11.5. The van der Waals surface area contributed by atoms with E-state index in [9.17, 15) is 17.8 Å². The fourth-order valence-corrected chi connectivity index (χ4v) is 3.21. The SMILES string of the molecule is CC(Cc1c[nH]c2ccccc12)NC(=O)CSS(=O)(=O)[O-]. The van der Waals surface area contributed by atoms with Crippen molar-refractivity contribution in [3.63, 3.8) is 0 Å². The topological polar surface area (TPSA) is 102 Å². The van der Waals surface area contributed by atoms with Gasteiger partial charge in [-0.25, -0.2) is 8.42 Å². The van der Waals surface area contributed by atoms with E-state index in [4.69, 9.17) is 0 Å². The first-order valence-corrected chi connectivity index (χ1v) is 9.21. The Bertz CT molecular complexity index is 739. The summed E-state index contributed by atoms with van der Waals surface area (Å²) in [6, 6.07) is 7.69. The minimum absolute atomic E-state index is 0.0926. The van der Waals surface area contributed by atoms with Crippen LogP contribution in [-0.4, -0.2) is 35.7 Å². The van der Waals surface area contributed by atoms with Crippen LogP contribution in [0.4, 0.5) is 0 Å². The van der Waals surface area contributed by atoms with Gasteiger partial charge in [0.15, 0.2) is 0 Å². The van der Waals surface area contributed by atoms with E-state index < -0.39 is 15.1 Å². The normalized spacial score (nSPS) is 13.2. The number of rotatable bonds is 6. The summed E-state index contributed by atoms with van der Waals surface area (Å²) >= 11 is 0. The summed E-state index contributed by atoms with van der Waals surface area (Å²) in [5.41, 5.74) is 2.10. The van der Waals surface area contributed by atoms with Crippen LogP contribution in [-0.2, 0) is 20.4 Å². The Kier molecular flexibility index (Phi) is 4.92. The molecule has 1 atom stereocenters. The fraction of sp³-hybridized carbons (Fsp3) is 0.308. The van der Waals surface area contributed by atoms with Gasteiger partial charge in [0.25, 0.3) is 0 Å². The molecule has 2 aromatic rings. The minimum Gasteiger partial charge on any atom is -0.739 e. The number of benzene rings is 1. The van der Waals surface area contributed by atoms with Gasteiger partial charge in [-0.15, -0.1) is 0 Å². The zero-order valence-corrected chi connectivity index (χ0v) is 13.0. The number of fused-ring (bicyclic) bond motifs is 1. The molecule has 2 N–H and O–H groups in total. The second-order valence-corrected chi connectivity index (χ2v) is 7.98. The number of carbonyl (C=O) groups is 1. The second-order valence-electron chi connectivity index (χ2n) is 4.70. The number of amides is 1. The third-order valence-corrected chi connectivity index (χ3v) is 4.83. The second kappa shape index (κ2) is 6.50. The number of H-pyrrole nitrogens is 1. The molecule has 2 rings (SSSR count). The van der Waals surface area contributed by atoms with Gasteiger partial charge in [0.1, 0.15) is 9.15 Å². The molecule has 0 saturated carbocycles. The average molecular weight is 327 g/mol. The third-order valence-electron chi connectivity index (χ3n) is 2.94. The molecule has 1 aromatic carbocycles. The Labute approximate surface area is 126 Å². The van der Waals surface area contributed by atoms with Crippen molar-refractivity contribution in [3.05, 3.63) is 36.0 Å². The first-order chi connectivity index (χ1) is 9.85. The van der Waals surface area contributed by atoms with Crippen LogP contribution in [0, 0.1) is 0 Å². The van der Waals surface area contributed by atoms with E-state index in [0.29, 0.717) is 6.42 Å². The van der Waals surface area contributed by atoms with Gasteiger partial charge in [-0.1, -0.05) is 18.2 Å². The first kappa shape index (κ1) is 15.9. The van der Waals surface area contributed by atoms with Gasteiger partial charge in [0.2, 0.25) is 5.91 Å². The van der Waals surface area contributed by atoms with Crippen molar-refractivity contribution in [2.75, 3.05) is 5.75 Å². The molecule has 6 nitrogen and oxygen atoms in total. The molecule has 0 aliphatic rings. The summed E-state index contributed by atoms with van der Waals surface area (Å²) < 4.78 is 31.3. The van der Waals surface area contributed by atoms with E-state index in [1.807, 2.05) is 37.4 Å². The number of nitrogens with one attached hydrogen (secondary N) is 2. The fourth-order valence-electron chi connectivity index (χ4n) is 2.12. The number of aromatic amines is 1. The quantitative estimate of drug-likeness (QED) is 0.617. The van der Waals surface area contributed by atoms with Crippen molar-refractivity contribution in [2.24, 2.45) is 0 Å². The van der Waals surface area contributed by atoms with Crippen LogP contribution in [0.1, 0.15) is 12.5 Å². The number of para-hydroxylation sites is 1. The molecule has 0 aliphatic carbocycles. The van der Waals surface area contributed by atoms with E-state index in [-0.39, 0.29) is 22.6 Å². The van der Waals surface area contributed by atoms with Crippen molar-refractivity contribution in [3.8, 4) is 0 Å². The van der Waals surface area contributed by atoms with Gasteiger partial charge in [-0.05, 0) is 35.8 Å². The average Bonchev–Trinajstić information content (AvgIpc) is 2.79. The molecule has 1 unspecified atom stereocenters. The van der Waals surface area contributed by atoms with Crippen LogP contribution in [0.25, 0.3) is 10.9 Å². The van der Waals surface area contributed by atoms with Gasteiger partial charge < -0.3 is 14.9 Å². The lowest BCUT2D eigenvalue weighted by Crippen LogP contribution is -2.35. The number of aromatic nitrogens is 1. The molecule has 0 bridgehead atoms. The van der Waals surface area contributed by atoms with E-state index in [1.165, 1.54) is 0 Å². The van der Waals surface area contributed by atoms with Crippen molar-refractivity contribution in [2.45, 2.75) is 19.4 Å². The molecule has 0 aliphatic heterocycles. The Hall–Kier alpha value is -1.51. The van der Waals surface area contributed by atoms with Gasteiger partial charge in [-0.2, -0.15) is 0 Å². The molecular formula is C13H15N2O4S2-. The van der Waals surface area contributed by atoms with Crippen LogP contribution in [0.3, 0.4) is 0 Å². The van der Waals surface area contributed by atoms with Gasteiger partial charge >= 0.3 is 0 Å². The summed E-state index contributed by atoms with van der Waals surface area (Å²) in [4.78, 5) is 14.7. The largest absolute Gasteiger partial charge is 0.739 e. The Morgan fingerprint density at radius 3 is 2.86 bits per heavy atom. The monoisotopic (exact) mass is 327 g/mol. The Morgan fingerprint density at radius 2 is 2.14 bits per heavy atom. The third kappa shape index (κ3) is 4.76. The lowest BCUT2D eigenvalue weighted by atomic mass is 10.1. The highest BCUT2D eigenvalue weighted by atomic mass is 33.1. The van der Waals surface area contributed by atoms with Gasteiger partial charge in [0.05, 0.1) is 5.75 Å². The molecule has 0 saturated heterocycles. The number of carbonyl (C=O) groups excluding carboxylic acids is 1. The van der Waals surface area contributed by atoms with Crippen LogP contribution in [0.2, 0.25) is 0 Å². The lowest BCUT2D eigenvalue weighted by Gasteiger charge is -2.14. The zero-order valence-electron chi connectivity index (χ0n) is 11.3. The number of hydrogen-bond donors (Lipinski definition) is 2. The smallest absolute Gasteiger partial charge is 0.231 e. The summed E-state index contributed by atoms with van der Waals surface area (Å²) in [6.07, 6.45) is 2.51. The maximum atomic E-state index is 11.5. The predicted octanol–water partition coefficient (Wildman–Crippen LogP) is 1.41. The predicted molar refractivity (Wildman–Crippen MR) is 81.8 cm³/mol. The van der Waals surface area contributed by atoms with Crippen LogP contribution < -0.4 is 5.32 Å². The van der Waals surface area contributed by atoms with Crippen LogP contribution >= 0.6 is 10.8 Å². The summed E-state index contributed by atoms with van der Waals surface area (Å²) in [5, 5.41) is 3.77. The summed E-state index contributed by atoms with van der Waals surface area (Å²) in [5.74, 6) is -0.851.